The second kappa shape index (κ2) is 7.84. The summed E-state index contributed by atoms with van der Waals surface area (Å²) < 4.78 is 24.6. The number of fused-ring (bicyclic) bond motifs is 1. The molecule has 0 spiro atoms. The Kier molecular flexibility index (Phi) is 5.10. The summed E-state index contributed by atoms with van der Waals surface area (Å²) >= 11 is 0. The number of oxazole rings is 1. The summed E-state index contributed by atoms with van der Waals surface area (Å²) in [4.78, 5) is 19.0. The van der Waals surface area contributed by atoms with Crippen LogP contribution in [0.25, 0.3) is 17.2 Å². The Morgan fingerprint density at radius 3 is 2.96 bits per heavy atom. The molecule has 2 heterocycles. The molecular weight excluding hydrogens is 359 g/mol. The van der Waals surface area contributed by atoms with E-state index in [-0.39, 0.29) is 17.6 Å². The molecule has 0 saturated carbocycles. The summed E-state index contributed by atoms with van der Waals surface area (Å²) in [7, 11) is 1.42. The van der Waals surface area contributed by atoms with Crippen molar-refractivity contribution >= 4 is 23.1 Å². The fraction of sp³-hybridized carbons (Fsp3) is 0.273. The lowest BCUT2D eigenvalue weighted by molar-refractivity contribution is -0.127. The van der Waals surface area contributed by atoms with Crippen LogP contribution in [-0.4, -0.2) is 36.0 Å². The second-order valence-electron chi connectivity index (χ2n) is 6.87. The molecule has 0 N–H and O–H groups in total. The third-order valence-corrected chi connectivity index (χ3v) is 4.99. The van der Waals surface area contributed by atoms with E-state index in [0.717, 1.165) is 23.9 Å². The monoisotopic (exact) mass is 380 g/mol. The number of carbonyl (C=O) groups is 1. The minimum Gasteiger partial charge on any atom is -0.494 e. The molecule has 1 saturated heterocycles. The first kappa shape index (κ1) is 18.2. The van der Waals surface area contributed by atoms with Crippen LogP contribution in [0.5, 0.6) is 5.75 Å². The Bertz CT molecular complexity index is 995. The minimum atomic E-state index is -0.453. The van der Waals surface area contributed by atoms with Gasteiger partial charge in [0.15, 0.2) is 23.0 Å². The number of halogens is 1. The number of carbonyl (C=O) groups excluding carboxylic acids is 1. The number of ether oxygens (including phenoxy) is 1. The fourth-order valence-corrected chi connectivity index (χ4v) is 3.50. The van der Waals surface area contributed by atoms with Crippen molar-refractivity contribution in [3.63, 3.8) is 0 Å². The maximum atomic E-state index is 13.8. The van der Waals surface area contributed by atoms with Gasteiger partial charge in [0.2, 0.25) is 5.91 Å². The summed E-state index contributed by atoms with van der Waals surface area (Å²) in [6, 6.07) is 12.3. The van der Waals surface area contributed by atoms with Crippen molar-refractivity contribution in [1.82, 2.24) is 9.88 Å². The number of nitrogens with zero attached hydrogens (tertiary/aromatic N) is 2. The van der Waals surface area contributed by atoms with E-state index in [9.17, 15) is 9.18 Å². The van der Waals surface area contributed by atoms with Gasteiger partial charge in [-0.25, -0.2) is 9.37 Å². The summed E-state index contributed by atoms with van der Waals surface area (Å²) in [5, 5.41) is 0. The molecule has 28 heavy (non-hydrogen) atoms. The molecule has 1 aromatic heterocycles. The Morgan fingerprint density at radius 1 is 1.32 bits per heavy atom. The van der Waals surface area contributed by atoms with Gasteiger partial charge in [-0.15, -0.1) is 0 Å². The molecule has 0 aliphatic carbocycles. The van der Waals surface area contributed by atoms with Gasteiger partial charge in [0, 0.05) is 19.2 Å². The molecule has 1 fully saturated rings. The molecule has 1 aliphatic heterocycles. The molecule has 5 nitrogen and oxygen atoms in total. The van der Waals surface area contributed by atoms with Gasteiger partial charge < -0.3 is 14.1 Å². The van der Waals surface area contributed by atoms with Crippen LogP contribution >= 0.6 is 0 Å². The lowest BCUT2D eigenvalue weighted by atomic mass is 9.98. The molecule has 6 heteroatoms. The van der Waals surface area contributed by atoms with Gasteiger partial charge in [0.1, 0.15) is 5.52 Å². The van der Waals surface area contributed by atoms with E-state index in [4.69, 9.17) is 9.15 Å². The molecule has 144 valence electrons. The molecule has 4 rings (SSSR count). The first-order valence-corrected chi connectivity index (χ1v) is 9.30. The highest BCUT2D eigenvalue weighted by atomic mass is 19.1. The Labute approximate surface area is 162 Å². The lowest BCUT2D eigenvalue weighted by Crippen LogP contribution is -2.38. The molecule has 1 amide bonds. The largest absolute Gasteiger partial charge is 0.494 e. The summed E-state index contributed by atoms with van der Waals surface area (Å²) in [5.74, 6) is 0.389. The fourth-order valence-electron chi connectivity index (χ4n) is 3.50. The summed E-state index contributed by atoms with van der Waals surface area (Å²) in [6.45, 7) is 1.25. The number of hydrogen-bond acceptors (Lipinski definition) is 4. The predicted molar refractivity (Wildman–Crippen MR) is 105 cm³/mol. The second-order valence-corrected chi connectivity index (χ2v) is 6.87. The molecular formula is C22H21FN2O3. The van der Waals surface area contributed by atoms with E-state index < -0.39 is 5.82 Å². The maximum absolute atomic E-state index is 13.8. The number of para-hydroxylation sites is 2. The first-order valence-electron chi connectivity index (χ1n) is 9.30. The molecule has 0 radical (unpaired) electrons. The molecule has 1 unspecified atom stereocenters. The number of amides is 1. The van der Waals surface area contributed by atoms with Crippen LogP contribution in [-0.2, 0) is 4.79 Å². The molecule has 1 atom stereocenters. The number of piperidine rings is 1. The van der Waals surface area contributed by atoms with Crippen LogP contribution in [0.1, 0.15) is 30.2 Å². The van der Waals surface area contributed by atoms with Gasteiger partial charge in [-0.2, -0.15) is 0 Å². The average Bonchev–Trinajstić information content (AvgIpc) is 3.16. The summed E-state index contributed by atoms with van der Waals surface area (Å²) in [5.41, 5.74) is 2.21. The van der Waals surface area contributed by atoms with E-state index >= 15 is 0 Å². The number of likely N-dealkylation sites (tertiary alicyclic amines) is 1. The number of rotatable bonds is 4. The SMILES string of the molecule is COc1ccc(/C=C/C(=O)N2CCCC(c3nc4ccccc4o3)C2)cc1F. The van der Waals surface area contributed by atoms with Gasteiger partial charge in [-0.1, -0.05) is 18.2 Å². The number of benzene rings is 2. The van der Waals surface area contributed by atoms with E-state index in [1.807, 2.05) is 24.3 Å². The quantitative estimate of drug-likeness (QED) is 0.630. The normalized spacial score (nSPS) is 17.4. The number of methoxy groups -OCH3 is 1. The van der Waals surface area contributed by atoms with Crippen LogP contribution in [0.3, 0.4) is 0 Å². The van der Waals surface area contributed by atoms with Gasteiger partial charge in [0.05, 0.1) is 13.0 Å². The average molecular weight is 380 g/mol. The molecule has 0 bridgehead atoms. The standard InChI is InChI=1S/C22H21FN2O3/c1-27-19-10-8-15(13-17(19)23)9-11-21(26)25-12-4-5-16(14-25)22-24-18-6-2-3-7-20(18)28-22/h2-3,6-11,13,16H,4-5,12,14H2,1H3/b11-9+. The smallest absolute Gasteiger partial charge is 0.246 e. The van der Waals surface area contributed by atoms with Crippen molar-refractivity contribution in [1.29, 1.82) is 0 Å². The Balaban J connectivity index is 1.45. The number of aromatic nitrogens is 1. The molecule has 2 aromatic carbocycles. The van der Waals surface area contributed by atoms with Crippen LogP contribution in [0.15, 0.2) is 53.0 Å². The molecule has 3 aromatic rings. The highest BCUT2D eigenvalue weighted by Gasteiger charge is 2.27. The van der Waals surface area contributed by atoms with Crippen molar-refractivity contribution in [3.05, 3.63) is 65.8 Å². The third-order valence-electron chi connectivity index (χ3n) is 4.99. The van der Waals surface area contributed by atoms with Gasteiger partial charge in [0.25, 0.3) is 0 Å². The Morgan fingerprint density at radius 2 is 2.18 bits per heavy atom. The molecule has 1 aliphatic rings. The summed E-state index contributed by atoms with van der Waals surface area (Å²) in [6.07, 6.45) is 4.92. The van der Waals surface area contributed by atoms with Gasteiger partial charge >= 0.3 is 0 Å². The van der Waals surface area contributed by atoms with E-state index in [0.29, 0.717) is 24.5 Å². The minimum absolute atomic E-state index is 0.0805. The van der Waals surface area contributed by atoms with E-state index in [1.165, 1.54) is 19.3 Å². The van der Waals surface area contributed by atoms with Crippen molar-refractivity contribution in [2.75, 3.05) is 20.2 Å². The zero-order valence-corrected chi connectivity index (χ0v) is 15.6. The van der Waals surface area contributed by atoms with Gasteiger partial charge in [-0.05, 0) is 48.7 Å². The zero-order chi connectivity index (χ0) is 19.5. The number of hydrogen-bond donors (Lipinski definition) is 0. The van der Waals surface area contributed by atoms with Crippen molar-refractivity contribution in [2.45, 2.75) is 18.8 Å². The van der Waals surface area contributed by atoms with Crippen molar-refractivity contribution in [2.24, 2.45) is 0 Å². The van der Waals surface area contributed by atoms with Crippen molar-refractivity contribution < 1.29 is 18.3 Å². The first-order chi connectivity index (χ1) is 13.6. The van der Waals surface area contributed by atoms with Crippen LogP contribution in [0.4, 0.5) is 4.39 Å². The van der Waals surface area contributed by atoms with Crippen LogP contribution in [0.2, 0.25) is 0 Å². The van der Waals surface area contributed by atoms with Crippen molar-refractivity contribution in [3.8, 4) is 5.75 Å². The van der Waals surface area contributed by atoms with Gasteiger partial charge in [-0.3, -0.25) is 4.79 Å². The van der Waals surface area contributed by atoms with E-state index in [1.54, 1.807) is 23.1 Å². The highest BCUT2D eigenvalue weighted by molar-refractivity contribution is 5.91. The van der Waals surface area contributed by atoms with E-state index in [2.05, 4.69) is 4.98 Å². The van der Waals surface area contributed by atoms with Crippen LogP contribution in [0, 0.1) is 5.82 Å². The highest BCUT2D eigenvalue weighted by Crippen LogP contribution is 2.29. The predicted octanol–water partition coefficient (Wildman–Crippen LogP) is 4.39. The maximum Gasteiger partial charge on any atom is 0.246 e. The zero-order valence-electron chi connectivity index (χ0n) is 15.6. The Hall–Kier alpha value is -3.15. The third kappa shape index (κ3) is 3.76. The van der Waals surface area contributed by atoms with Crippen LogP contribution < -0.4 is 4.74 Å². The lowest BCUT2D eigenvalue weighted by Gasteiger charge is -2.30. The topological polar surface area (TPSA) is 55.6 Å².